The van der Waals surface area contributed by atoms with Crippen LogP contribution in [0.2, 0.25) is 0 Å². The third-order valence-electron chi connectivity index (χ3n) is 5.09. The number of anilines is 1. The number of nitriles is 1. The lowest BCUT2D eigenvalue weighted by Gasteiger charge is -2.25. The molecule has 2 rings (SSSR count). The molecule has 1 saturated heterocycles. The molecule has 4 N–H and O–H groups in total. The van der Waals surface area contributed by atoms with Crippen molar-refractivity contribution in [2.75, 3.05) is 57.4 Å². The molecule has 0 radical (unpaired) electrons. The zero-order valence-corrected chi connectivity index (χ0v) is 16.2. The first-order valence-corrected chi connectivity index (χ1v) is 9.76. The van der Waals surface area contributed by atoms with E-state index in [4.69, 9.17) is 10.00 Å². The van der Waals surface area contributed by atoms with Crippen LogP contribution in [0.5, 0.6) is 0 Å². The van der Waals surface area contributed by atoms with E-state index in [0.29, 0.717) is 6.42 Å². The van der Waals surface area contributed by atoms with Gasteiger partial charge in [0.25, 0.3) is 0 Å². The van der Waals surface area contributed by atoms with Crippen molar-refractivity contribution in [3.8, 4) is 6.07 Å². The lowest BCUT2D eigenvalue weighted by molar-refractivity contribution is -0.912. The van der Waals surface area contributed by atoms with Gasteiger partial charge in [0.15, 0.2) is 6.10 Å². The highest BCUT2D eigenvalue weighted by atomic mass is 16.5. The molecule has 1 fully saturated rings. The van der Waals surface area contributed by atoms with E-state index in [9.17, 15) is 5.11 Å². The Morgan fingerprint density at radius 1 is 1.38 bits per heavy atom. The van der Waals surface area contributed by atoms with Crippen LogP contribution in [-0.4, -0.2) is 63.7 Å². The fourth-order valence-electron chi connectivity index (χ4n) is 3.47. The maximum absolute atomic E-state index is 10.3. The molecule has 1 aliphatic heterocycles. The Bertz CT molecular complexity index is 582. The predicted molar refractivity (Wildman–Crippen MR) is 102 cm³/mol. The molecule has 0 amide bonds. The average molecular weight is 363 g/mol. The van der Waals surface area contributed by atoms with Gasteiger partial charge in [-0.1, -0.05) is 6.07 Å². The van der Waals surface area contributed by atoms with Crippen LogP contribution >= 0.6 is 0 Å². The summed E-state index contributed by atoms with van der Waals surface area (Å²) in [5.74, 6) is 0. The van der Waals surface area contributed by atoms with Crippen LogP contribution in [0.3, 0.4) is 0 Å². The highest BCUT2D eigenvalue weighted by molar-refractivity contribution is 5.50. The summed E-state index contributed by atoms with van der Waals surface area (Å²) in [5, 5.41) is 21.2. The number of rotatable bonds is 10. The summed E-state index contributed by atoms with van der Waals surface area (Å²) in [5.41, 5.74) is 3.75. The monoisotopic (exact) mass is 362 g/mol. The van der Waals surface area contributed by atoms with Gasteiger partial charge in [-0.3, -0.25) is 0 Å². The molecule has 144 valence electrons. The summed E-state index contributed by atoms with van der Waals surface area (Å²) in [6.07, 6.45) is 0.273. The molecule has 6 heteroatoms. The van der Waals surface area contributed by atoms with Gasteiger partial charge in [-0.2, -0.15) is 5.26 Å². The largest absolute Gasteiger partial charge is 0.382 e. The number of hydrogen-bond donors (Lipinski definition) is 3. The molecular formula is C20H34N4O2+2. The second-order valence-electron chi connectivity index (χ2n) is 7.05. The van der Waals surface area contributed by atoms with Gasteiger partial charge in [0, 0.05) is 24.3 Å². The van der Waals surface area contributed by atoms with E-state index < -0.39 is 0 Å². The Balaban J connectivity index is 1.79. The first-order chi connectivity index (χ1) is 12.6. The van der Waals surface area contributed by atoms with Gasteiger partial charge in [0.1, 0.15) is 32.7 Å². The Hall–Kier alpha value is -1.65. The summed E-state index contributed by atoms with van der Waals surface area (Å²) in [7, 11) is 0. The van der Waals surface area contributed by atoms with Crippen LogP contribution in [0.15, 0.2) is 18.2 Å². The molecule has 1 aromatic carbocycles. The number of aliphatic hydroxyl groups excluding tert-OH is 1. The lowest BCUT2D eigenvalue weighted by Crippen LogP contribution is -3.15. The Kier molecular flexibility index (Phi) is 8.86. The Morgan fingerprint density at radius 2 is 2.15 bits per heavy atom. The molecule has 6 nitrogen and oxygen atoms in total. The highest BCUT2D eigenvalue weighted by Gasteiger charge is 2.19. The normalized spacial score (nSPS) is 16.2. The summed E-state index contributed by atoms with van der Waals surface area (Å²) >= 11 is 0. The van der Waals surface area contributed by atoms with E-state index in [2.05, 4.69) is 48.3 Å². The second-order valence-corrected chi connectivity index (χ2v) is 7.05. The van der Waals surface area contributed by atoms with Crippen molar-refractivity contribution >= 4 is 5.69 Å². The molecule has 0 aliphatic carbocycles. The van der Waals surface area contributed by atoms with Gasteiger partial charge in [0.05, 0.1) is 25.7 Å². The number of nitrogens with zero attached hydrogens (tertiary/aromatic N) is 2. The molecule has 1 aromatic rings. The minimum Gasteiger partial charge on any atom is -0.382 e. The summed E-state index contributed by atoms with van der Waals surface area (Å²) < 4.78 is 5.36. The van der Waals surface area contributed by atoms with Crippen LogP contribution in [0.1, 0.15) is 24.5 Å². The summed E-state index contributed by atoms with van der Waals surface area (Å²) in [6.45, 7) is 12.0. The molecule has 0 bridgehead atoms. The van der Waals surface area contributed by atoms with Crippen LogP contribution in [0.25, 0.3) is 0 Å². The van der Waals surface area contributed by atoms with Crippen molar-refractivity contribution in [2.45, 2.75) is 32.9 Å². The smallest absolute Gasteiger partial charge is 0.151 e. The topological polar surface area (TPSA) is 77.5 Å². The van der Waals surface area contributed by atoms with Crippen LogP contribution in [0, 0.1) is 18.3 Å². The van der Waals surface area contributed by atoms with Crippen molar-refractivity contribution in [3.05, 3.63) is 29.3 Å². The number of quaternary nitrogens is 2. The van der Waals surface area contributed by atoms with Crippen LogP contribution < -0.4 is 15.1 Å². The fourth-order valence-corrected chi connectivity index (χ4v) is 3.47. The lowest BCUT2D eigenvalue weighted by atomic mass is 10.1. The van der Waals surface area contributed by atoms with E-state index in [1.807, 2.05) is 0 Å². The number of nitrogens with two attached hydrogens (primary N) is 1. The Morgan fingerprint density at radius 3 is 2.81 bits per heavy atom. The van der Waals surface area contributed by atoms with Gasteiger partial charge in [-0.25, -0.2) is 0 Å². The predicted octanol–water partition coefficient (Wildman–Crippen LogP) is -0.926. The minimum absolute atomic E-state index is 0.274. The quantitative estimate of drug-likeness (QED) is 0.503. The minimum atomic E-state index is -0.274. The molecule has 0 unspecified atom stereocenters. The summed E-state index contributed by atoms with van der Waals surface area (Å²) in [6, 6.07) is 8.74. The van der Waals surface area contributed by atoms with E-state index >= 15 is 0 Å². The van der Waals surface area contributed by atoms with E-state index in [1.54, 1.807) is 0 Å². The number of hydrogen-bond acceptors (Lipinski definition) is 4. The van der Waals surface area contributed by atoms with Crippen molar-refractivity contribution in [2.24, 2.45) is 0 Å². The highest BCUT2D eigenvalue weighted by Crippen LogP contribution is 2.19. The third-order valence-corrected chi connectivity index (χ3v) is 5.09. The number of nitrogens with one attached hydrogen (secondary N) is 1. The van der Waals surface area contributed by atoms with Crippen molar-refractivity contribution in [1.29, 1.82) is 5.26 Å². The zero-order valence-electron chi connectivity index (χ0n) is 16.2. The second kappa shape index (κ2) is 11.1. The van der Waals surface area contributed by atoms with Crippen molar-refractivity contribution < 1.29 is 20.1 Å². The molecule has 1 atom stereocenters. The number of ether oxygens (including phenoxy) is 1. The summed E-state index contributed by atoms with van der Waals surface area (Å²) in [4.78, 5) is 3.67. The van der Waals surface area contributed by atoms with E-state index in [-0.39, 0.29) is 6.10 Å². The maximum atomic E-state index is 10.3. The Labute approximate surface area is 157 Å². The molecule has 1 heterocycles. The van der Waals surface area contributed by atoms with E-state index in [0.717, 1.165) is 59.0 Å². The van der Waals surface area contributed by atoms with Crippen LogP contribution in [-0.2, 0) is 11.3 Å². The van der Waals surface area contributed by atoms with Gasteiger partial charge in [-0.05, 0) is 31.5 Å². The van der Waals surface area contributed by atoms with Crippen LogP contribution in [0.4, 0.5) is 5.69 Å². The number of aliphatic hydroxyl groups is 1. The third kappa shape index (κ3) is 6.58. The van der Waals surface area contributed by atoms with Gasteiger partial charge in [0.2, 0.25) is 0 Å². The zero-order chi connectivity index (χ0) is 18.8. The van der Waals surface area contributed by atoms with Gasteiger partial charge in [-0.15, -0.1) is 0 Å². The maximum Gasteiger partial charge on any atom is 0.151 e. The van der Waals surface area contributed by atoms with Crippen molar-refractivity contribution in [1.82, 2.24) is 0 Å². The number of aryl methyl sites for hydroxylation is 1. The molecule has 0 saturated carbocycles. The van der Waals surface area contributed by atoms with Gasteiger partial charge >= 0.3 is 0 Å². The average Bonchev–Trinajstić information content (AvgIpc) is 2.65. The fraction of sp³-hybridized carbons (Fsp3) is 0.650. The SMILES string of the molecule is CCN(CCC#N)c1ccc(C[NH2+]C[C@H](O)C[NH+]2CCOCC2)c(C)c1. The first kappa shape index (κ1) is 20.7. The molecule has 0 aromatic heterocycles. The number of benzene rings is 1. The van der Waals surface area contributed by atoms with Gasteiger partial charge < -0.3 is 25.0 Å². The molecular weight excluding hydrogens is 328 g/mol. The van der Waals surface area contributed by atoms with E-state index in [1.165, 1.54) is 21.7 Å². The molecule has 26 heavy (non-hydrogen) atoms. The molecule has 0 spiro atoms. The first-order valence-electron chi connectivity index (χ1n) is 9.76. The van der Waals surface area contributed by atoms with Crippen molar-refractivity contribution in [3.63, 3.8) is 0 Å². The number of morpholine rings is 1. The standard InChI is InChI=1S/C20H32N4O2/c1-3-24(8-4-7-21)19-6-5-18(17(2)13-19)14-22-15-20(25)16-23-9-11-26-12-10-23/h5-6,13,20,22,25H,3-4,8-12,14-16H2,1-2H3/p+2/t20-/m0/s1. The molecule has 1 aliphatic rings.